The lowest BCUT2D eigenvalue weighted by molar-refractivity contribution is -0.193. The Morgan fingerprint density at radius 3 is 1.89 bits per heavy atom. The lowest BCUT2D eigenvalue weighted by Crippen LogP contribution is -2.29. The van der Waals surface area contributed by atoms with Crippen molar-refractivity contribution in [2.75, 3.05) is 31.5 Å². The van der Waals surface area contributed by atoms with Gasteiger partial charge in [-0.15, -0.1) is 0 Å². The molecule has 1 saturated heterocycles. The van der Waals surface area contributed by atoms with E-state index in [0.29, 0.717) is 0 Å². The van der Waals surface area contributed by atoms with E-state index in [0.717, 1.165) is 68.9 Å². The average molecular weight is 530 g/mol. The number of likely N-dealkylation sites (tertiary alicyclic amines) is 1. The summed E-state index contributed by atoms with van der Waals surface area (Å²) in [6, 6.07) is 2.35. The van der Waals surface area contributed by atoms with Gasteiger partial charge in [0.2, 0.25) is 0 Å². The Hall–Kier alpha value is -3.10. The van der Waals surface area contributed by atoms with Gasteiger partial charge in [-0.2, -0.15) is 26.3 Å². The molecule has 0 spiro atoms. The van der Waals surface area contributed by atoms with E-state index < -0.39 is 24.3 Å². The predicted molar refractivity (Wildman–Crippen MR) is 116 cm³/mol. The zero-order valence-electron chi connectivity index (χ0n) is 19.6. The van der Waals surface area contributed by atoms with Crippen LogP contribution in [-0.4, -0.2) is 82.5 Å². The summed E-state index contributed by atoms with van der Waals surface area (Å²) >= 11 is 0. The molecule has 1 aromatic rings. The minimum Gasteiger partial charge on any atom is -0.475 e. The molecule has 9 nitrogen and oxygen atoms in total. The SMILES string of the molecule is CC(C)Nc1nc2c(cc1C(=O)N1CCCC1)CCNCC2.O=C(O)C(F)(F)F.O=C(O)C(F)(F)F. The van der Waals surface area contributed by atoms with Crippen molar-refractivity contribution < 1.29 is 50.9 Å². The lowest BCUT2D eigenvalue weighted by atomic mass is 10.0. The van der Waals surface area contributed by atoms with Gasteiger partial charge < -0.3 is 25.7 Å². The monoisotopic (exact) mass is 530 g/mol. The minimum absolute atomic E-state index is 0.133. The number of fused-ring (bicyclic) bond motifs is 1. The maximum absolute atomic E-state index is 12.9. The van der Waals surface area contributed by atoms with Gasteiger partial charge in [0.1, 0.15) is 5.82 Å². The fraction of sp³-hybridized carbons (Fsp3) is 0.619. The summed E-state index contributed by atoms with van der Waals surface area (Å²) < 4.78 is 63.5. The number of rotatable bonds is 3. The van der Waals surface area contributed by atoms with Crippen LogP contribution in [0.2, 0.25) is 0 Å². The largest absolute Gasteiger partial charge is 0.490 e. The molecule has 0 aliphatic carbocycles. The van der Waals surface area contributed by atoms with Crippen molar-refractivity contribution in [3.8, 4) is 0 Å². The van der Waals surface area contributed by atoms with Crippen LogP contribution in [0.15, 0.2) is 6.07 Å². The number of carboxylic acids is 2. The smallest absolute Gasteiger partial charge is 0.475 e. The second-order valence-corrected chi connectivity index (χ2v) is 8.14. The Morgan fingerprint density at radius 1 is 0.972 bits per heavy atom. The maximum Gasteiger partial charge on any atom is 0.490 e. The third kappa shape index (κ3) is 10.3. The van der Waals surface area contributed by atoms with Gasteiger partial charge in [-0.05, 0) is 51.3 Å². The molecule has 1 aromatic heterocycles. The summed E-state index contributed by atoms with van der Waals surface area (Å²) in [5.41, 5.74) is 3.10. The topological polar surface area (TPSA) is 132 Å². The van der Waals surface area contributed by atoms with E-state index in [1.54, 1.807) is 0 Å². The number of anilines is 1. The molecular weight excluding hydrogens is 502 g/mol. The molecule has 0 radical (unpaired) electrons. The van der Waals surface area contributed by atoms with Crippen molar-refractivity contribution in [1.29, 1.82) is 0 Å². The third-order valence-corrected chi connectivity index (χ3v) is 4.83. The standard InChI is InChI=1S/C17H26N4O.2C2HF3O2/c1-12(2)19-16-14(17(22)21-9-3-4-10-21)11-13-5-7-18-8-6-15(13)20-16;2*3-2(4,5)1(6)7/h11-12,18H,3-10H2,1-2H3,(H,19,20);2*(H,6,7). The predicted octanol–water partition coefficient (Wildman–Crippen LogP) is 3.09. The summed E-state index contributed by atoms with van der Waals surface area (Å²) in [4.78, 5) is 37.4. The second kappa shape index (κ2) is 13.3. The van der Waals surface area contributed by atoms with Crippen molar-refractivity contribution >= 4 is 23.7 Å². The minimum atomic E-state index is -5.08. The molecule has 204 valence electrons. The molecule has 2 aliphatic rings. The Labute approximate surface area is 202 Å². The van der Waals surface area contributed by atoms with Crippen LogP contribution in [0.1, 0.15) is 48.3 Å². The normalized spacial score (nSPS) is 15.5. The molecule has 3 rings (SSSR count). The molecule has 0 atom stereocenters. The zero-order valence-corrected chi connectivity index (χ0v) is 19.6. The van der Waals surface area contributed by atoms with Gasteiger partial charge in [0, 0.05) is 37.8 Å². The van der Waals surface area contributed by atoms with E-state index in [9.17, 15) is 31.1 Å². The summed E-state index contributed by atoms with van der Waals surface area (Å²) in [6.45, 7) is 7.83. The summed E-state index contributed by atoms with van der Waals surface area (Å²) in [6.07, 6.45) is -6.06. The highest BCUT2D eigenvalue weighted by Gasteiger charge is 2.38. The Balaban J connectivity index is 0.000000383. The van der Waals surface area contributed by atoms with Gasteiger partial charge in [0.25, 0.3) is 5.91 Å². The van der Waals surface area contributed by atoms with Gasteiger partial charge >= 0.3 is 24.3 Å². The van der Waals surface area contributed by atoms with Crippen LogP contribution in [-0.2, 0) is 22.4 Å². The highest BCUT2D eigenvalue weighted by molar-refractivity contribution is 5.99. The Bertz CT molecular complexity index is 891. The molecule has 0 bridgehead atoms. The summed E-state index contributed by atoms with van der Waals surface area (Å²) in [5.74, 6) is -4.62. The average Bonchev–Trinajstić information content (AvgIpc) is 3.18. The van der Waals surface area contributed by atoms with Gasteiger partial charge in [-0.25, -0.2) is 14.6 Å². The van der Waals surface area contributed by atoms with Crippen molar-refractivity contribution in [3.05, 3.63) is 22.9 Å². The number of carbonyl (C=O) groups is 3. The quantitative estimate of drug-likeness (QED) is 0.439. The van der Waals surface area contributed by atoms with Crippen LogP contribution >= 0.6 is 0 Å². The zero-order chi connectivity index (χ0) is 27.7. The van der Waals surface area contributed by atoms with Crippen molar-refractivity contribution in [1.82, 2.24) is 15.2 Å². The second-order valence-electron chi connectivity index (χ2n) is 8.14. The van der Waals surface area contributed by atoms with Crippen LogP contribution in [0.5, 0.6) is 0 Å². The van der Waals surface area contributed by atoms with Crippen LogP contribution in [0.3, 0.4) is 0 Å². The molecule has 36 heavy (non-hydrogen) atoms. The number of amides is 1. The maximum atomic E-state index is 12.9. The first kappa shape index (κ1) is 30.9. The summed E-state index contributed by atoms with van der Waals surface area (Å²) in [5, 5.41) is 21.0. The number of pyridine rings is 1. The third-order valence-electron chi connectivity index (χ3n) is 4.83. The van der Waals surface area contributed by atoms with Gasteiger partial charge in [0.15, 0.2) is 0 Å². The number of aromatic nitrogens is 1. The molecule has 0 aromatic carbocycles. The molecule has 15 heteroatoms. The first-order valence-corrected chi connectivity index (χ1v) is 10.9. The number of carboxylic acid groups (broad SMARTS) is 2. The lowest BCUT2D eigenvalue weighted by Gasteiger charge is -2.21. The number of hydrogen-bond acceptors (Lipinski definition) is 6. The van der Waals surface area contributed by atoms with E-state index >= 15 is 0 Å². The van der Waals surface area contributed by atoms with E-state index in [4.69, 9.17) is 24.8 Å². The van der Waals surface area contributed by atoms with Gasteiger partial charge in [-0.1, -0.05) is 0 Å². The van der Waals surface area contributed by atoms with E-state index in [2.05, 4.69) is 30.5 Å². The van der Waals surface area contributed by atoms with Gasteiger partial charge in [0.05, 0.1) is 5.56 Å². The number of alkyl halides is 6. The van der Waals surface area contributed by atoms with Crippen LogP contribution in [0.4, 0.5) is 32.2 Å². The van der Waals surface area contributed by atoms with E-state index in [1.165, 1.54) is 5.56 Å². The molecule has 3 heterocycles. The molecule has 1 amide bonds. The number of aliphatic carboxylic acids is 2. The number of nitrogens with zero attached hydrogens (tertiary/aromatic N) is 2. The van der Waals surface area contributed by atoms with E-state index in [1.807, 2.05) is 4.90 Å². The fourth-order valence-electron chi connectivity index (χ4n) is 3.22. The molecule has 0 unspecified atom stereocenters. The fourth-order valence-corrected chi connectivity index (χ4v) is 3.22. The first-order valence-electron chi connectivity index (χ1n) is 10.9. The number of nitrogens with one attached hydrogen (secondary N) is 2. The van der Waals surface area contributed by atoms with Crippen molar-refractivity contribution in [2.45, 2.75) is 57.9 Å². The highest BCUT2D eigenvalue weighted by atomic mass is 19.4. The summed E-state index contributed by atoms with van der Waals surface area (Å²) in [7, 11) is 0. The number of carbonyl (C=O) groups excluding carboxylic acids is 1. The molecular formula is C21H28F6N4O5. The van der Waals surface area contributed by atoms with E-state index in [-0.39, 0.29) is 11.9 Å². The number of halogens is 6. The number of hydrogen-bond donors (Lipinski definition) is 4. The Morgan fingerprint density at radius 2 is 1.44 bits per heavy atom. The highest BCUT2D eigenvalue weighted by Crippen LogP contribution is 2.24. The molecule has 1 fully saturated rings. The molecule has 2 aliphatic heterocycles. The van der Waals surface area contributed by atoms with Crippen molar-refractivity contribution in [3.63, 3.8) is 0 Å². The van der Waals surface area contributed by atoms with Gasteiger partial charge in [-0.3, -0.25) is 4.79 Å². The first-order chi connectivity index (χ1) is 16.5. The molecule has 0 saturated carbocycles. The van der Waals surface area contributed by atoms with Crippen LogP contribution < -0.4 is 10.6 Å². The van der Waals surface area contributed by atoms with Crippen LogP contribution in [0, 0.1) is 0 Å². The van der Waals surface area contributed by atoms with Crippen molar-refractivity contribution in [2.24, 2.45) is 0 Å². The molecule has 4 N–H and O–H groups in total. The van der Waals surface area contributed by atoms with Crippen LogP contribution in [0.25, 0.3) is 0 Å². The Kier molecular flexibility index (Phi) is 11.4.